The first-order chi connectivity index (χ1) is 8.13. The molecule has 0 aromatic heterocycles. The molecule has 1 amide bonds. The molecule has 1 aliphatic heterocycles. The number of carbonyl (C=O) groups is 2. The van der Waals surface area contributed by atoms with Gasteiger partial charge in [0, 0.05) is 32.6 Å². The molecule has 0 aromatic carbocycles. The zero-order valence-corrected chi connectivity index (χ0v) is 10.1. The van der Waals surface area contributed by atoms with E-state index in [1.807, 2.05) is 0 Å². The second-order valence-corrected chi connectivity index (χ2v) is 4.28. The Morgan fingerprint density at radius 2 is 1.76 bits per heavy atom. The highest BCUT2D eigenvalue weighted by atomic mass is 16.4. The summed E-state index contributed by atoms with van der Waals surface area (Å²) in [6, 6.07) is 0. The van der Waals surface area contributed by atoms with Crippen LogP contribution in [0, 0.1) is 0 Å². The molecule has 0 aromatic rings. The van der Waals surface area contributed by atoms with Crippen LogP contribution in [0.1, 0.15) is 19.3 Å². The summed E-state index contributed by atoms with van der Waals surface area (Å²) in [5, 5.41) is 8.50. The fourth-order valence-corrected chi connectivity index (χ4v) is 1.96. The van der Waals surface area contributed by atoms with Crippen molar-refractivity contribution in [1.29, 1.82) is 0 Å². The van der Waals surface area contributed by atoms with E-state index in [0.717, 1.165) is 45.6 Å². The molecular weight excluding hydrogens is 222 g/mol. The lowest BCUT2D eigenvalue weighted by atomic mass is 10.2. The summed E-state index contributed by atoms with van der Waals surface area (Å²) in [5.41, 5.74) is 5.30. The van der Waals surface area contributed by atoms with Crippen molar-refractivity contribution in [3.63, 3.8) is 0 Å². The van der Waals surface area contributed by atoms with Crippen LogP contribution in [-0.4, -0.2) is 66.1 Å². The van der Waals surface area contributed by atoms with Crippen LogP contribution in [0.15, 0.2) is 0 Å². The van der Waals surface area contributed by atoms with E-state index in [2.05, 4.69) is 4.90 Å². The summed E-state index contributed by atoms with van der Waals surface area (Å²) in [7, 11) is 0. The molecule has 0 spiro atoms. The van der Waals surface area contributed by atoms with Crippen LogP contribution in [0.4, 0.5) is 0 Å². The van der Waals surface area contributed by atoms with Crippen molar-refractivity contribution in [3.8, 4) is 0 Å². The maximum atomic E-state index is 11.3. The number of nitrogens with zero attached hydrogens (tertiary/aromatic N) is 2. The van der Waals surface area contributed by atoms with Crippen molar-refractivity contribution >= 4 is 11.9 Å². The average Bonchev–Trinajstić information content (AvgIpc) is 2.34. The molecular formula is C11H21N3O3. The van der Waals surface area contributed by atoms with Gasteiger partial charge < -0.3 is 15.7 Å². The Kier molecular flexibility index (Phi) is 5.93. The molecule has 17 heavy (non-hydrogen) atoms. The van der Waals surface area contributed by atoms with E-state index >= 15 is 0 Å². The van der Waals surface area contributed by atoms with Gasteiger partial charge >= 0.3 is 5.97 Å². The van der Waals surface area contributed by atoms with Crippen LogP contribution in [-0.2, 0) is 9.59 Å². The number of carbonyl (C=O) groups excluding carboxylic acids is 1. The van der Waals surface area contributed by atoms with Gasteiger partial charge in [0.25, 0.3) is 0 Å². The number of piperazine rings is 1. The number of nitrogens with two attached hydrogens (primary N) is 1. The molecule has 0 atom stereocenters. The fraction of sp³-hybridized carbons (Fsp3) is 0.818. The van der Waals surface area contributed by atoms with E-state index in [9.17, 15) is 9.59 Å². The van der Waals surface area contributed by atoms with Gasteiger partial charge in [0.2, 0.25) is 5.91 Å². The van der Waals surface area contributed by atoms with Gasteiger partial charge in [0.1, 0.15) is 0 Å². The summed E-state index contributed by atoms with van der Waals surface area (Å²) in [6.45, 7) is 4.18. The van der Waals surface area contributed by atoms with Crippen LogP contribution in [0.25, 0.3) is 0 Å². The maximum Gasteiger partial charge on any atom is 0.303 e. The smallest absolute Gasteiger partial charge is 0.303 e. The summed E-state index contributed by atoms with van der Waals surface area (Å²) < 4.78 is 0. The summed E-state index contributed by atoms with van der Waals surface area (Å²) >= 11 is 0. The maximum absolute atomic E-state index is 11.3. The Bertz CT molecular complexity index is 263. The zero-order chi connectivity index (χ0) is 12.7. The molecule has 1 rings (SSSR count). The highest BCUT2D eigenvalue weighted by molar-refractivity contribution is 5.78. The lowest BCUT2D eigenvalue weighted by molar-refractivity contribution is -0.137. The molecule has 0 radical (unpaired) electrons. The first-order valence-electron chi connectivity index (χ1n) is 6.05. The van der Waals surface area contributed by atoms with Gasteiger partial charge in [-0.15, -0.1) is 0 Å². The number of unbranched alkanes of at least 4 members (excludes halogenated alkanes) is 1. The second kappa shape index (κ2) is 7.24. The van der Waals surface area contributed by atoms with E-state index in [-0.39, 0.29) is 18.9 Å². The van der Waals surface area contributed by atoms with Crippen LogP contribution >= 0.6 is 0 Å². The normalized spacial score (nSPS) is 17.1. The Labute approximate surface area is 101 Å². The van der Waals surface area contributed by atoms with E-state index in [4.69, 9.17) is 10.8 Å². The number of hydrogen-bond acceptors (Lipinski definition) is 4. The lowest BCUT2D eigenvalue weighted by Crippen LogP contribution is -2.50. The van der Waals surface area contributed by atoms with Gasteiger partial charge in [-0.05, 0) is 19.4 Å². The molecule has 6 nitrogen and oxygen atoms in total. The Balaban J connectivity index is 2.10. The SMILES string of the molecule is NCC(=O)N1CCN(CCCCC(=O)O)CC1. The van der Waals surface area contributed by atoms with Gasteiger partial charge in [-0.3, -0.25) is 14.5 Å². The summed E-state index contributed by atoms with van der Waals surface area (Å²) in [4.78, 5) is 25.7. The standard InChI is InChI=1S/C11H21N3O3/c12-9-10(15)14-7-5-13(6-8-14)4-2-1-3-11(16)17/h1-9,12H2,(H,16,17). The number of rotatable bonds is 6. The zero-order valence-electron chi connectivity index (χ0n) is 10.1. The van der Waals surface area contributed by atoms with Crippen molar-refractivity contribution in [1.82, 2.24) is 9.80 Å². The Morgan fingerprint density at radius 1 is 1.12 bits per heavy atom. The predicted molar refractivity (Wildman–Crippen MR) is 63.6 cm³/mol. The number of hydrogen-bond donors (Lipinski definition) is 2. The van der Waals surface area contributed by atoms with Crippen molar-refractivity contribution in [3.05, 3.63) is 0 Å². The van der Waals surface area contributed by atoms with E-state index in [1.165, 1.54) is 0 Å². The quantitative estimate of drug-likeness (QED) is 0.605. The fourth-order valence-electron chi connectivity index (χ4n) is 1.96. The number of carboxylic acid groups (broad SMARTS) is 1. The molecule has 3 N–H and O–H groups in total. The Hall–Kier alpha value is -1.14. The summed E-state index contributed by atoms with van der Waals surface area (Å²) in [6.07, 6.45) is 1.86. The molecule has 0 aliphatic carbocycles. The van der Waals surface area contributed by atoms with Crippen LogP contribution in [0.3, 0.4) is 0 Å². The van der Waals surface area contributed by atoms with Gasteiger partial charge in [-0.2, -0.15) is 0 Å². The predicted octanol–water partition coefficient (Wildman–Crippen LogP) is -0.656. The van der Waals surface area contributed by atoms with Crippen LogP contribution in [0.5, 0.6) is 0 Å². The topological polar surface area (TPSA) is 86.9 Å². The third-order valence-electron chi connectivity index (χ3n) is 3.01. The highest BCUT2D eigenvalue weighted by Crippen LogP contribution is 2.04. The molecule has 1 aliphatic rings. The molecule has 98 valence electrons. The number of aliphatic carboxylic acids is 1. The number of amides is 1. The monoisotopic (exact) mass is 243 g/mol. The molecule has 0 unspecified atom stereocenters. The van der Waals surface area contributed by atoms with Crippen molar-refractivity contribution in [2.24, 2.45) is 5.73 Å². The first kappa shape index (κ1) is 13.9. The van der Waals surface area contributed by atoms with Gasteiger partial charge in [-0.25, -0.2) is 0 Å². The number of carboxylic acids is 1. The van der Waals surface area contributed by atoms with Crippen molar-refractivity contribution < 1.29 is 14.7 Å². The minimum absolute atomic E-state index is 0.00975. The van der Waals surface area contributed by atoms with Crippen molar-refractivity contribution in [2.75, 3.05) is 39.3 Å². The van der Waals surface area contributed by atoms with E-state index < -0.39 is 5.97 Å². The van der Waals surface area contributed by atoms with Gasteiger partial charge in [-0.1, -0.05) is 0 Å². The molecule has 1 fully saturated rings. The molecule has 1 heterocycles. The van der Waals surface area contributed by atoms with E-state index in [1.54, 1.807) is 4.90 Å². The highest BCUT2D eigenvalue weighted by Gasteiger charge is 2.19. The molecule has 6 heteroatoms. The molecule has 1 saturated heterocycles. The van der Waals surface area contributed by atoms with E-state index in [0.29, 0.717) is 0 Å². The molecule has 0 saturated carbocycles. The van der Waals surface area contributed by atoms with Crippen LogP contribution in [0.2, 0.25) is 0 Å². The average molecular weight is 243 g/mol. The second-order valence-electron chi connectivity index (χ2n) is 4.28. The lowest BCUT2D eigenvalue weighted by Gasteiger charge is -2.34. The third-order valence-corrected chi connectivity index (χ3v) is 3.01. The van der Waals surface area contributed by atoms with Crippen LogP contribution < -0.4 is 5.73 Å². The van der Waals surface area contributed by atoms with Crippen molar-refractivity contribution in [2.45, 2.75) is 19.3 Å². The largest absolute Gasteiger partial charge is 0.481 e. The minimum Gasteiger partial charge on any atom is -0.481 e. The molecule has 0 bridgehead atoms. The summed E-state index contributed by atoms with van der Waals surface area (Å²) in [5.74, 6) is -0.723. The third kappa shape index (κ3) is 5.14. The minimum atomic E-state index is -0.733. The Morgan fingerprint density at radius 3 is 2.29 bits per heavy atom. The first-order valence-corrected chi connectivity index (χ1v) is 6.05. The van der Waals surface area contributed by atoms with Gasteiger partial charge in [0.15, 0.2) is 0 Å². The van der Waals surface area contributed by atoms with Gasteiger partial charge in [0.05, 0.1) is 6.54 Å².